The van der Waals surface area contributed by atoms with Gasteiger partial charge in [0.2, 0.25) is 5.91 Å². The zero-order valence-corrected chi connectivity index (χ0v) is 14.2. The fraction of sp³-hybridized carbons (Fsp3) is 0.333. The fourth-order valence-corrected chi connectivity index (χ4v) is 3.91. The van der Waals surface area contributed by atoms with Gasteiger partial charge in [-0.05, 0) is 35.6 Å². The van der Waals surface area contributed by atoms with E-state index >= 15 is 0 Å². The lowest BCUT2D eigenvalue weighted by Gasteiger charge is -2.39. The number of ether oxygens (including phenoxy) is 1. The van der Waals surface area contributed by atoms with Crippen molar-refractivity contribution in [2.45, 2.75) is 25.4 Å². The summed E-state index contributed by atoms with van der Waals surface area (Å²) in [6, 6.07) is 10.7. The van der Waals surface area contributed by atoms with Crippen molar-refractivity contribution in [1.29, 1.82) is 0 Å². The van der Waals surface area contributed by atoms with E-state index < -0.39 is 17.9 Å². The number of carboxylic acid groups (broad SMARTS) is 1. The lowest BCUT2D eigenvalue weighted by Crippen LogP contribution is -2.44. The number of thiophene rings is 1. The number of hydrogen-bond donors (Lipinski definition) is 1. The molecule has 0 aliphatic carbocycles. The van der Waals surface area contributed by atoms with E-state index in [1.165, 1.54) is 0 Å². The van der Waals surface area contributed by atoms with E-state index in [1.54, 1.807) is 23.3 Å². The van der Waals surface area contributed by atoms with E-state index in [1.807, 2.05) is 41.8 Å². The Morgan fingerprint density at radius 2 is 2.21 bits per heavy atom. The van der Waals surface area contributed by atoms with E-state index in [9.17, 15) is 14.7 Å². The third-order valence-electron chi connectivity index (χ3n) is 4.37. The Hall–Kier alpha value is -2.34. The first-order chi connectivity index (χ1) is 11.6. The number of rotatable bonds is 5. The highest BCUT2D eigenvalue weighted by molar-refractivity contribution is 7.09. The minimum atomic E-state index is -0.869. The molecule has 24 heavy (non-hydrogen) atoms. The van der Waals surface area contributed by atoms with Gasteiger partial charge in [-0.25, -0.2) is 0 Å². The number of benzene rings is 1. The number of carbonyl (C=O) groups is 2. The number of hydrogen-bond acceptors (Lipinski definition) is 4. The second-order valence-corrected chi connectivity index (χ2v) is 6.84. The molecule has 1 fully saturated rings. The summed E-state index contributed by atoms with van der Waals surface area (Å²) in [6.45, 7) is 0.433. The molecule has 2 aromatic rings. The summed E-state index contributed by atoms with van der Waals surface area (Å²) in [6.07, 6.45) is 0.625. The molecule has 0 bridgehead atoms. The molecule has 5 nitrogen and oxygen atoms in total. The number of nitrogens with zero attached hydrogens (tertiary/aromatic N) is 1. The highest BCUT2D eigenvalue weighted by Gasteiger charge is 2.40. The first-order valence-corrected chi connectivity index (χ1v) is 8.66. The highest BCUT2D eigenvalue weighted by Crippen LogP contribution is 2.39. The minimum Gasteiger partial charge on any atom is -0.497 e. The molecule has 126 valence electrons. The van der Waals surface area contributed by atoms with Crippen LogP contribution in [0.3, 0.4) is 0 Å². The normalized spacial score (nSPS) is 20.9. The second kappa shape index (κ2) is 7.05. The molecule has 1 amide bonds. The third kappa shape index (κ3) is 3.28. The average molecular weight is 345 g/mol. The summed E-state index contributed by atoms with van der Waals surface area (Å²) < 4.78 is 5.26. The zero-order valence-electron chi connectivity index (χ0n) is 13.3. The maximum absolute atomic E-state index is 12.5. The van der Waals surface area contributed by atoms with Crippen LogP contribution in [-0.4, -0.2) is 29.0 Å². The van der Waals surface area contributed by atoms with Crippen LogP contribution in [0.25, 0.3) is 0 Å². The van der Waals surface area contributed by atoms with E-state index in [4.69, 9.17) is 4.74 Å². The molecule has 0 saturated carbocycles. The number of methoxy groups -OCH3 is 1. The predicted octanol–water partition coefficient (Wildman–Crippen LogP) is 3.32. The lowest BCUT2D eigenvalue weighted by molar-refractivity contribution is -0.152. The van der Waals surface area contributed by atoms with Crippen LogP contribution in [0.4, 0.5) is 0 Å². The Morgan fingerprint density at radius 3 is 2.88 bits per heavy atom. The Bertz CT molecular complexity index is 728. The summed E-state index contributed by atoms with van der Waals surface area (Å²) in [5.41, 5.74) is 0.798. The van der Waals surface area contributed by atoms with Gasteiger partial charge in [-0.3, -0.25) is 9.59 Å². The van der Waals surface area contributed by atoms with E-state index in [-0.39, 0.29) is 12.3 Å². The van der Waals surface area contributed by atoms with Crippen molar-refractivity contribution in [1.82, 2.24) is 4.90 Å². The molecular weight excluding hydrogens is 326 g/mol. The lowest BCUT2D eigenvalue weighted by atomic mass is 9.84. The van der Waals surface area contributed by atoms with Gasteiger partial charge in [-0.15, -0.1) is 11.3 Å². The van der Waals surface area contributed by atoms with E-state index in [0.717, 1.165) is 10.4 Å². The van der Waals surface area contributed by atoms with Crippen LogP contribution in [0.1, 0.15) is 29.3 Å². The van der Waals surface area contributed by atoms with E-state index in [0.29, 0.717) is 18.7 Å². The summed E-state index contributed by atoms with van der Waals surface area (Å²) >= 11 is 1.57. The SMILES string of the molecule is COc1cccc(C2C(C(=O)O)CCC(=O)N2Cc2cccs2)c1. The van der Waals surface area contributed by atoms with Gasteiger partial charge in [0.25, 0.3) is 0 Å². The maximum atomic E-state index is 12.5. The van der Waals surface area contributed by atoms with Crippen LogP contribution in [0.15, 0.2) is 41.8 Å². The van der Waals surface area contributed by atoms with Crippen molar-refractivity contribution in [2.24, 2.45) is 5.92 Å². The van der Waals surface area contributed by atoms with Gasteiger partial charge < -0.3 is 14.7 Å². The van der Waals surface area contributed by atoms with Crippen molar-refractivity contribution in [3.63, 3.8) is 0 Å². The molecule has 1 aliphatic rings. The molecule has 0 spiro atoms. The summed E-state index contributed by atoms with van der Waals surface area (Å²) in [4.78, 5) is 27.1. The van der Waals surface area contributed by atoms with Gasteiger partial charge >= 0.3 is 5.97 Å². The van der Waals surface area contributed by atoms with Crippen molar-refractivity contribution in [2.75, 3.05) is 7.11 Å². The Morgan fingerprint density at radius 1 is 1.38 bits per heavy atom. The van der Waals surface area contributed by atoms with Crippen molar-refractivity contribution in [3.8, 4) is 5.75 Å². The van der Waals surface area contributed by atoms with Crippen LogP contribution in [0, 0.1) is 5.92 Å². The Balaban J connectivity index is 2.00. The maximum Gasteiger partial charge on any atom is 0.308 e. The third-order valence-corrected chi connectivity index (χ3v) is 5.23. The summed E-state index contributed by atoms with van der Waals surface area (Å²) in [7, 11) is 1.57. The van der Waals surface area contributed by atoms with Crippen LogP contribution < -0.4 is 4.74 Å². The Kier molecular flexibility index (Phi) is 4.85. The molecule has 2 heterocycles. The first-order valence-electron chi connectivity index (χ1n) is 7.78. The standard InChI is InChI=1S/C18H19NO4S/c1-23-13-5-2-4-12(10-13)17-15(18(21)22)7-8-16(20)19(17)11-14-6-3-9-24-14/h2-6,9-10,15,17H,7-8,11H2,1H3,(H,21,22). The van der Waals surface area contributed by atoms with Crippen molar-refractivity contribution >= 4 is 23.2 Å². The minimum absolute atomic E-state index is 0.00581. The molecule has 3 rings (SSSR count). The number of piperidine rings is 1. The van der Waals surface area contributed by atoms with Crippen LogP contribution >= 0.6 is 11.3 Å². The largest absolute Gasteiger partial charge is 0.497 e. The smallest absolute Gasteiger partial charge is 0.308 e. The first kappa shape index (κ1) is 16.5. The number of carbonyl (C=O) groups excluding carboxylic acids is 1. The van der Waals surface area contributed by atoms with Gasteiger partial charge in [-0.2, -0.15) is 0 Å². The molecule has 1 aliphatic heterocycles. The monoisotopic (exact) mass is 345 g/mol. The van der Waals surface area contributed by atoms with Gasteiger partial charge in [0.05, 0.1) is 25.6 Å². The van der Waals surface area contributed by atoms with E-state index in [2.05, 4.69) is 0 Å². The summed E-state index contributed by atoms with van der Waals surface area (Å²) in [5, 5.41) is 11.6. The van der Waals surface area contributed by atoms with Gasteiger partial charge in [0.15, 0.2) is 0 Å². The highest BCUT2D eigenvalue weighted by atomic mass is 32.1. The number of carboxylic acids is 1. The average Bonchev–Trinajstić information content (AvgIpc) is 3.09. The molecule has 6 heteroatoms. The quantitative estimate of drug-likeness (QED) is 0.903. The molecule has 0 radical (unpaired) electrons. The van der Waals surface area contributed by atoms with Gasteiger partial charge in [0, 0.05) is 11.3 Å². The van der Waals surface area contributed by atoms with Gasteiger partial charge in [-0.1, -0.05) is 18.2 Å². The molecular formula is C18H19NO4S. The zero-order chi connectivity index (χ0) is 17.1. The molecule has 2 atom stereocenters. The number of likely N-dealkylation sites (tertiary alicyclic amines) is 1. The molecule has 2 unspecified atom stereocenters. The number of aliphatic carboxylic acids is 1. The van der Waals surface area contributed by atoms with Crippen LogP contribution in [0.2, 0.25) is 0 Å². The van der Waals surface area contributed by atoms with Crippen LogP contribution in [-0.2, 0) is 16.1 Å². The van der Waals surface area contributed by atoms with Crippen molar-refractivity contribution < 1.29 is 19.4 Å². The fourth-order valence-electron chi connectivity index (χ4n) is 3.21. The van der Waals surface area contributed by atoms with Crippen molar-refractivity contribution in [3.05, 3.63) is 52.2 Å². The molecule has 1 aromatic carbocycles. The summed E-state index contributed by atoms with van der Waals surface area (Å²) in [5.74, 6) is -0.833. The van der Waals surface area contributed by atoms with Gasteiger partial charge in [0.1, 0.15) is 5.75 Å². The number of amides is 1. The Labute approximate surface area is 144 Å². The second-order valence-electron chi connectivity index (χ2n) is 5.81. The van der Waals surface area contributed by atoms with Crippen LogP contribution in [0.5, 0.6) is 5.75 Å². The predicted molar refractivity (Wildman–Crippen MR) is 91.0 cm³/mol. The molecule has 1 saturated heterocycles. The molecule has 1 aromatic heterocycles. The molecule has 1 N–H and O–H groups in total. The topological polar surface area (TPSA) is 66.8 Å².